The second-order valence-electron chi connectivity index (χ2n) is 5.37. The lowest BCUT2D eigenvalue weighted by Crippen LogP contribution is -2.15. The standard InChI is InChI=1S/C17H18N2O7S/c1-10(20)18-14-8-11(4-7-16(14)25-2)19-27(23,24)12-5-6-15(21)13(9-12)17(22)26-3/h4-9,19,21H,1-3H3,(H,18,20). The fourth-order valence-corrected chi connectivity index (χ4v) is 3.30. The predicted octanol–water partition coefficient (Wildman–Crippen LogP) is 1.95. The first kappa shape index (κ1) is 20.0. The molecule has 0 fully saturated rings. The smallest absolute Gasteiger partial charge is 0.341 e. The molecule has 144 valence electrons. The van der Waals surface area contributed by atoms with Crippen LogP contribution in [0.5, 0.6) is 11.5 Å². The zero-order valence-electron chi connectivity index (χ0n) is 14.8. The molecule has 27 heavy (non-hydrogen) atoms. The lowest BCUT2D eigenvalue weighted by molar-refractivity contribution is -0.114. The van der Waals surface area contributed by atoms with Crippen LogP contribution in [-0.4, -0.2) is 39.6 Å². The minimum atomic E-state index is -4.08. The minimum absolute atomic E-state index is 0.159. The lowest BCUT2D eigenvalue weighted by atomic mass is 10.2. The van der Waals surface area contributed by atoms with Crippen LogP contribution in [0.3, 0.4) is 0 Å². The van der Waals surface area contributed by atoms with Gasteiger partial charge in [-0.2, -0.15) is 0 Å². The van der Waals surface area contributed by atoms with Gasteiger partial charge < -0.3 is 19.9 Å². The Morgan fingerprint density at radius 3 is 2.37 bits per heavy atom. The molecule has 2 rings (SSSR count). The Balaban J connectivity index is 2.39. The van der Waals surface area contributed by atoms with Crippen LogP contribution >= 0.6 is 0 Å². The first-order valence-electron chi connectivity index (χ1n) is 7.57. The molecule has 9 nitrogen and oxygen atoms in total. The molecule has 0 saturated heterocycles. The van der Waals surface area contributed by atoms with Crippen LogP contribution in [-0.2, 0) is 19.6 Å². The van der Waals surface area contributed by atoms with Gasteiger partial charge in [0.1, 0.15) is 17.1 Å². The fourth-order valence-electron chi connectivity index (χ4n) is 2.23. The van der Waals surface area contributed by atoms with Gasteiger partial charge in [0, 0.05) is 6.92 Å². The number of hydrogen-bond acceptors (Lipinski definition) is 7. The Bertz CT molecular complexity index is 987. The second-order valence-corrected chi connectivity index (χ2v) is 7.05. The van der Waals surface area contributed by atoms with Crippen LogP contribution in [0.1, 0.15) is 17.3 Å². The van der Waals surface area contributed by atoms with E-state index in [1.54, 1.807) is 0 Å². The van der Waals surface area contributed by atoms with Crippen molar-refractivity contribution in [2.75, 3.05) is 24.3 Å². The minimum Gasteiger partial charge on any atom is -0.507 e. The van der Waals surface area contributed by atoms with Gasteiger partial charge in [-0.25, -0.2) is 13.2 Å². The van der Waals surface area contributed by atoms with Crippen LogP contribution in [0.25, 0.3) is 0 Å². The molecule has 2 aromatic carbocycles. The highest BCUT2D eigenvalue weighted by Crippen LogP contribution is 2.30. The number of carbonyl (C=O) groups is 2. The number of rotatable bonds is 6. The van der Waals surface area contributed by atoms with Crippen molar-refractivity contribution in [3.63, 3.8) is 0 Å². The molecule has 0 unspecified atom stereocenters. The van der Waals surface area contributed by atoms with E-state index >= 15 is 0 Å². The number of phenolic OH excluding ortho intramolecular Hbond substituents is 1. The maximum Gasteiger partial charge on any atom is 0.341 e. The third-order valence-electron chi connectivity index (χ3n) is 3.45. The van der Waals surface area contributed by atoms with Crippen molar-refractivity contribution >= 4 is 33.3 Å². The summed E-state index contributed by atoms with van der Waals surface area (Å²) in [4.78, 5) is 22.7. The summed E-state index contributed by atoms with van der Waals surface area (Å²) < 4.78 is 37.2. The normalized spacial score (nSPS) is 10.8. The van der Waals surface area contributed by atoms with E-state index in [1.165, 1.54) is 32.2 Å². The zero-order chi connectivity index (χ0) is 20.2. The number of hydrogen-bond donors (Lipinski definition) is 3. The predicted molar refractivity (Wildman–Crippen MR) is 97.6 cm³/mol. The van der Waals surface area contributed by atoms with E-state index in [-0.39, 0.29) is 27.7 Å². The average molecular weight is 394 g/mol. The van der Waals surface area contributed by atoms with Crippen LogP contribution in [0.15, 0.2) is 41.3 Å². The summed E-state index contributed by atoms with van der Waals surface area (Å²) in [7, 11) is -1.56. The summed E-state index contributed by atoms with van der Waals surface area (Å²) in [6.07, 6.45) is 0. The number of sulfonamides is 1. The summed E-state index contributed by atoms with van der Waals surface area (Å²) in [5.41, 5.74) is 0.160. The molecule has 3 N–H and O–H groups in total. The van der Waals surface area contributed by atoms with Crippen molar-refractivity contribution < 1.29 is 32.6 Å². The Morgan fingerprint density at radius 1 is 1.07 bits per heavy atom. The molecule has 0 radical (unpaired) electrons. The van der Waals surface area contributed by atoms with Crippen molar-refractivity contribution in [1.82, 2.24) is 0 Å². The van der Waals surface area contributed by atoms with E-state index in [4.69, 9.17) is 4.74 Å². The van der Waals surface area contributed by atoms with Gasteiger partial charge in [0.2, 0.25) is 5.91 Å². The Hall–Kier alpha value is -3.27. The molecule has 0 spiro atoms. The van der Waals surface area contributed by atoms with Gasteiger partial charge in [0.05, 0.1) is 30.5 Å². The van der Waals surface area contributed by atoms with Gasteiger partial charge in [0.15, 0.2) is 0 Å². The SMILES string of the molecule is COC(=O)c1cc(S(=O)(=O)Nc2ccc(OC)c(NC(C)=O)c2)ccc1O. The number of benzene rings is 2. The van der Waals surface area contributed by atoms with E-state index < -0.39 is 21.7 Å². The maximum atomic E-state index is 12.6. The molecule has 0 aliphatic carbocycles. The number of esters is 1. The summed E-state index contributed by atoms with van der Waals surface area (Å²) in [6, 6.07) is 7.55. The van der Waals surface area contributed by atoms with E-state index in [9.17, 15) is 23.1 Å². The third-order valence-corrected chi connectivity index (χ3v) is 4.82. The Morgan fingerprint density at radius 2 is 1.78 bits per heavy atom. The first-order chi connectivity index (χ1) is 12.7. The monoisotopic (exact) mass is 394 g/mol. The van der Waals surface area contributed by atoms with Crippen LogP contribution in [0.4, 0.5) is 11.4 Å². The van der Waals surface area contributed by atoms with Gasteiger partial charge in [0.25, 0.3) is 10.0 Å². The fraction of sp³-hybridized carbons (Fsp3) is 0.176. The van der Waals surface area contributed by atoms with Gasteiger partial charge in [-0.05, 0) is 36.4 Å². The van der Waals surface area contributed by atoms with Crippen molar-refractivity contribution in [2.24, 2.45) is 0 Å². The highest BCUT2D eigenvalue weighted by molar-refractivity contribution is 7.92. The van der Waals surface area contributed by atoms with Crippen molar-refractivity contribution in [3.8, 4) is 11.5 Å². The quantitative estimate of drug-likeness (QED) is 0.638. The number of ether oxygens (including phenoxy) is 2. The number of aromatic hydroxyl groups is 1. The molecule has 0 atom stereocenters. The van der Waals surface area contributed by atoms with Crippen molar-refractivity contribution in [1.29, 1.82) is 0 Å². The van der Waals surface area contributed by atoms with Gasteiger partial charge in [-0.3, -0.25) is 9.52 Å². The number of nitrogens with one attached hydrogen (secondary N) is 2. The molecular weight excluding hydrogens is 376 g/mol. The largest absolute Gasteiger partial charge is 0.507 e. The van der Waals surface area contributed by atoms with Gasteiger partial charge in [-0.15, -0.1) is 0 Å². The molecule has 0 aliphatic heterocycles. The molecule has 1 amide bonds. The van der Waals surface area contributed by atoms with E-state index in [2.05, 4.69) is 14.8 Å². The topological polar surface area (TPSA) is 131 Å². The summed E-state index contributed by atoms with van der Waals surface area (Å²) in [5, 5.41) is 12.2. The van der Waals surface area contributed by atoms with Crippen LogP contribution in [0.2, 0.25) is 0 Å². The van der Waals surface area contributed by atoms with Gasteiger partial charge >= 0.3 is 5.97 Å². The number of phenols is 1. The second kappa shape index (κ2) is 7.96. The number of anilines is 2. The molecule has 0 bridgehead atoms. The van der Waals surface area contributed by atoms with E-state index in [0.29, 0.717) is 5.75 Å². The van der Waals surface area contributed by atoms with Gasteiger partial charge in [-0.1, -0.05) is 0 Å². The zero-order valence-corrected chi connectivity index (χ0v) is 15.6. The van der Waals surface area contributed by atoms with Crippen molar-refractivity contribution in [3.05, 3.63) is 42.0 Å². The van der Waals surface area contributed by atoms with E-state index in [0.717, 1.165) is 25.3 Å². The summed E-state index contributed by atoms with van der Waals surface area (Å²) in [6.45, 7) is 1.31. The highest BCUT2D eigenvalue weighted by atomic mass is 32.2. The maximum absolute atomic E-state index is 12.6. The molecule has 0 aromatic heterocycles. The molecule has 0 saturated carbocycles. The molecular formula is C17H18N2O7S. The highest BCUT2D eigenvalue weighted by Gasteiger charge is 2.20. The Kier molecular flexibility index (Phi) is 5.91. The number of methoxy groups -OCH3 is 2. The Labute approximate surface area is 156 Å². The number of carbonyl (C=O) groups excluding carboxylic acids is 2. The van der Waals surface area contributed by atoms with Crippen LogP contribution in [0, 0.1) is 0 Å². The number of amides is 1. The third kappa shape index (κ3) is 4.67. The summed E-state index contributed by atoms with van der Waals surface area (Å²) >= 11 is 0. The average Bonchev–Trinajstić information content (AvgIpc) is 2.60. The van der Waals surface area contributed by atoms with Crippen LogP contribution < -0.4 is 14.8 Å². The lowest BCUT2D eigenvalue weighted by Gasteiger charge is -2.13. The van der Waals surface area contributed by atoms with E-state index in [1.807, 2.05) is 0 Å². The first-order valence-corrected chi connectivity index (χ1v) is 9.06. The molecule has 2 aromatic rings. The van der Waals surface area contributed by atoms with Crippen molar-refractivity contribution in [2.45, 2.75) is 11.8 Å². The molecule has 10 heteroatoms. The molecule has 0 heterocycles. The molecule has 0 aliphatic rings. The summed E-state index contributed by atoms with van der Waals surface area (Å²) in [5.74, 6) is -1.28.